The molecule has 1 aromatic carbocycles. The molecule has 2 fully saturated rings. The highest BCUT2D eigenvalue weighted by molar-refractivity contribution is 14.0. The number of hydrogen-bond acceptors (Lipinski definition) is 3. The molecule has 0 radical (unpaired) electrons. The van der Waals surface area contributed by atoms with Crippen LogP contribution in [0.4, 0.5) is 0 Å². The maximum absolute atomic E-state index is 4.88. The molecule has 1 atom stereocenters. The van der Waals surface area contributed by atoms with Gasteiger partial charge in [0.15, 0.2) is 5.96 Å². The summed E-state index contributed by atoms with van der Waals surface area (Å²) in [6, 6.07) is 11.8. The smallest absolute Gasteiger partial charge is 0.191 e. The van der Waals surface area contributed by atoms with Gasteiger partial charge in [0.25, 0.3) is 0 Å². The van der Waals surface area contributed by atoms with E-state index in [1.165, 1.54) is 57.1 Å². The molecule has 1 aromatic heterocycles. The largest absolute Gasteiger partial charge is 0.357 e. The van der Waals surface area contributed by atoms with Gasteiger partial charge >= 0.3 is 0 Å². The van der Waals surface area contributed by atoms with E-state index in [0.29, 0.717) is 12.6 Å². The van der Waals surface area contributed by atoms with E-state index in [2.05, 4.69) is 62.3 Å². The lowest BCUT2D eigenvalue weighted by Crippen LogP contribution is -2.53. The highest BCUT2D eigenvalue weighted by Gasteiger charge is 2.27. The second-order valence-corrected chi connectivity index (χ2v) is 8.92. The lowest BCUT2D eigenvalue weighted by molar-refractivity contribution is 0.115. The van der Waals surface area contributed by atoms with Crippen molar-refractivity contribution in [3.63, 3.8) is 0 Å². The number of rotatable bonds is 7. The number of halogens is 1. The zero-order valence-electron chi connectivity index (χ0n) is 19.4. The van der Waals surface area contributed by atoms with Crippen LogP contribution in [0.1, 0.15) is 63.3 Å². The van der Waals surface area contributed by atoms with Crippen molar-refractivity contribution in [2.75, 3.05) is 19.6 Å². The molecule has 6 nitrogen and oxygen atoms in total. The molecule has 2 heterocycles. The summed E-state index contributed by atoms with van der Waals surface area (Å²) < 4.78 is 2.19. The molecule has 176 valence electrons. The molecule has 1 saturated carbocycles. The van der Waals surface area contributed by atoms with Gasteiger partial charge in [-0.25, -0.2) is 9.98 Å². The van der Waals surface area contributed by atoms with Gasteiger partial charge in [-0.05, 0) is 44.7 Å². The number of aliphatic imine (C=N–C) groups is 1. The van der Waals surface area contributed by atoms with Crippen LogP contribution in [0, 0.1) is 0 Å². The topological polar surface area (TPSA) is 57.5 Å². The molecule has 1 aliphatic carbocycles. The van der Waals surface area contributed by atoms with E-state index in [-0.39, 0.29) is 24.0 Å². The van der Waals surface area contributed by atoms with E-state index in [9.17, 15) is 0 Å². The molecule has 0 amide bonds. The normalized spacial score (nSPS) is 20.5. The fourth-order valence-electron chi connectivity index (χ4n) is 4.98. The van der Waals surface area contributed by atoms with Crippen LogP contribution < -0.4 is 10.6 Å². The summed E-state index contributed by atoms with van der Waals surface area (Å²) in [7, 11) is 0. The van der Waals surface area contributed by atoms with Crippen LogP contribution in [-0.2, 0) is 13.1 Å². The van der Waals surface area contributed by atoms with Gasteiger partial charge in [-0.1, -0.05) is 49.6 Å². The summed E-state index contributed by atoms with van der Waals surface area (Å²) in [4.78, 5) is 12.2. The average Bonchev–Trinajstić information content (AvgIpc) is 3.26. The van der Waals surface area contributed by atoms with Gasteiger partial charge in [0.2, 0.25) is 0 Å². The molecule has 0 bridgehead atoms. The van der Waals surface area contributed by atoms with Gasteiger partial charge < -0.3 is 15.2 Å². The summed E-state index contributed by atoms with van der Waals surface area (Å²) in [6.07, 6.45) is 13.4. The number of aromatic nitrogens is 2. The van der Waals surface area contributed by atoms with Crippen LogP contribution in [-0.4, -0.2) is 52.1 Å². The Balaban J connectivity index is 0.00000289. The third kappa shape index (κ3) is 7.20. The maximum Gasteiger partial charge on any atom is 0.191 e. The van der Waals surface area contributed by atoms with E-state index in [1.807, 2.05) is 12.4 Å². The quantitative estimate of drug-likeness (QED) is 0.305. The van der Waals surface area contributed by atoms with E-state index in [0.717, 1.165) is 37.5 Å². The van der Waals surface area contributed by atoms with Crippen LogP contribution in [0.5, 0.6) is 0 Å². The van der Waals surface area contributed by atoms with Gasteiger partial charge in [-0.3, -0.25) is 4.90 Å². The van der Waals surface area contributed by atoms with Crippen molar-refractivity contribution in [1.82, 2.24) is 25.1 Å². The summed E-state index contributed by atoms with van der Waals surface area (Å²) in [6.45, 7) is 6.79. The molecule has 2 aromatic rings. The van der Waals surface area contributed by atoms with Crippen molar-refractivity contribution in [2.24, 2.45) is 4.99 Å². The number of likely N-dealkylation sites (tertiary alicyclic amines) is 1. The van der Waals surface area contributed by atoms with Crippen molar-refractivity contribution < 1.29 is 0 Å². The number of benzene rings is 1. The molecule has 2 aliphatic rings. The van der Waals surface area contributed by atoms with Gasteiger partial charge in [0.1, 0.15) is 12.4 Å². The second kappa shape index (κ2) is 13.2. The molecule has 7 heteroatoms. The number of nitrogens with one attached hydrogen (secondary N) is 2. The number of piperidine rings is 1. The van der Waals surface area contributed by atoms with E-state index in [1.54, 1.807) is 0 Å². The van der Waals surface area contributed by atoms with Crippen molar-refractivity contribution in [2.45, 2.75) is 77.0 Å². The van der Waals surface area contributed by atoms with Gasteiger partial charge in [0.05, 0.1) is 0 Å². The fourth-order valence-corrected chi connectivity index (χ4v) is 4.98. The van der Waals surface area contributed by atoms with Crippen molar-refractivity contribution in [1.29, 1.82) is 0 Å². The Hall–Kier alpha value is -1.61. The zero-order chi connectivity index (χ0) is 21.3. The number of hydrogen-bond donors (Lipinski definition) is 2. The first-order chi connectivity index (χ1) is 15.3. The van der Waals surface area contributed by atoms with Crippen LogP contribution in [0.3, 0.4) is 0 Å². The molecule has 4 rings (SSSR count). The summed E-state index contributed by atoms with van der Waals surface area (Å²) in [5.41, 5.74) is 1.28. The standard InChI is InChI=1S/C25H38N6.HI/c1-2-26-25(29-22-12-9-16-30(20-22)23-13-7-4-8-14-23)28-18-24-27-15-17-31(24)19-21-10-5-3-6-11-21;/h3,5-6,10-11,15,17,22-23H,2,4,7-9,12-14,16,18-20H2,1H3,(H2,26,28,29);1H. The molecule has 2 N–H and O–H groups in total. The Morgan fingerprint density at radius 2 is 1.91 bits per heavy atom. The molecule has 32 heavy (non-hydrogen) atoms. The predicted octanol–water partition coefficient (Wildman–Crippen LogP) is 4.40. The Labute approximate surface area is 210 Å². The first-order valence-corrected chi connectivity index (χ1v) is 12.1. The fraction of sp³-hybridized carbons (Fsp3) is 0.600. The maximum atomic E-state index is 4.88. The predicted molar refractivity (Wildman–Crippen MR) is 143 cm³/mol. The van der Waals surface area contributed by atoms with Crippen LogP contribution >= 0.6 is 24.0 Å². The third-order valence-corrected chi connectivity index (χ3v) is 6.61. The summed E-state index contributed by atoms with van der Waals surface area (Å²) in [5, 5.41) is 7.16. The van der Waals surface area contributed by atoms with Gasteiger partial charge in [-0.15, -0.1) is 24.0 Å². The number of nitrogens with zero attached hydrogens (tertiary/aromatic N) is 4. The van der Waals surface area contributed by atoms with Crippen molar-refractivity contribution >= 4 is 29.9 Å². The summed E-state index contributed by atoms with van der Waals surface area (Å²) in [5.74, 6) is 1.90. The highest BCUT2D eigenvalue weighted by atomic mass is 127. The first kappa shape index (κ1) is 25.0. The molecule has 1 saturated heterocycles. The number of guanidine groups is 1. The van der Waals surface area contributed by atoms with Crippen LogP contribution in [0.2, 0.25) is 0 Å². The third-order valence-electron chi connectivity index (χ3n) is 6.61. The van der Waals surface area contributed by atoms with Crippen molar-refractivity contribution in [3.8, 4) is 0 Å². The lowest BCUT2D eigenvalue weighted by atomic mass is 9.92. The number of imidazole rings is 1. The minimum atomic E-state index is 0. The van der Waals surface area contributed by atoms with Crippen LogP contribution in [0.25, 0.3) is 0 Å². The summed E-state index contributed by atoms with van der Waals surface area (Å²) >= 11 is 0. The van der Waals surface area contributed by atoms with Crippen molar-refractivity contribution in [3.05, 3.63) is 54.1 Å². The Kier molecular flexibility index (Phi) is 10.3. The molecule has 0 spiro atoms. The molecular formula is C25H39IN6. The van der Waals surface area contributed by atoms with E-state index < -0.39 is 0 Å². The minimum Gasteiger partial charge on any atom is -0.357 e. The lowest BCUT2D eigenvalue weighted by Gasteiger charge is -2.40. The van der Waals surface area contributed by atoms with E-state index >= 15 is 0 Å². The average molecular weight is 551 g/mol. The zero-order valence-corrected chi connectivity index (χ0v) is 21.7. The minimum absolute atomic E-state index is 0. The molecule has 1 aliphatic heterocycles. The monoisotopic (exact) mass is 550 g/mol. The first-order valence-electron chi connectivity index (χ1n) is 12.1. The van der Waals surface area contributed by atoms with Gasteiger partial charge in [0, 0.05) is 44.1 Å². The van der Waals surface area contributed by atoms with Crippen LogP contribution in [0.15, 0.2) is 47.7 Å². The second-order valence-electron chi connectivity index (χ2n) is 8.92. The Morgan fingerprint density at radius 1 is 1.09 bits per heavy atom. The SMILES string of the molecule is CCNC(=NCc1nccn1Cc1ccccc1)NC1CCCN(C2CCCCC2)C1.I. The van der Waals surface area contributed by atoms with Gasteiger partial charge in [-0.2, -0.15) is 0 Å². The highest BCUT2D eigenvalue weighted by Crippen LogP contribution is 2.25. The molecule has 1 unspecified atom stereocenters. The molecular weight excluding hydrogens is 511 g/mol. The van der Waals surface area contributed by atoms with E-state index in [4.69, 9.17) is 4.99 Å². The Bertz CT molecular complexity index is 815. The Morgan fingerprint density at radius 3 is 2.69 bits per heavy atom.